The van der Waals surface area contributed by atoms with Crippen LogP contribution in [0.5, 0.6) is 0 Å². The van der Waals surface area contributed by atoms with Gasteiger partial charge in [-0.1, -0.05) is 30.3 Å². The second-order valence-corrected chi connectivity index (χ2v) is 6.23. The van der Waals surface area contributed by atoms with E-state index in [1.54, 1.807) is 18.7 Å². The third-order valence-corrected chi connectivity index (χ3v) is 4.68. The number of aromatic nitrogens is 2. The molecule has 25 heavy (non-hydrogen) atoms. The molecule has 1 saturated heterocycles. The van der Waals surface area contributed by atoms with Crippen molar-refractivity contribution in [2.24, 2.45) is 0 Å². The third-order valence-electron chi connectivity index (χ3n) is 4.68. The molecule has 1 aromatic carbocycles. The minimum absolute atomic E-state index is 0.198. The maximum atomic E-state index is 5.71. The summed E-state index contributed by atoms with van der Waals surface area (Å²) in [6, 6.07) is 12.6. The Labute approximate surface area is 147 Å². The van der Waals surface area contributed by atoms with Crippen molar-refractivity contribution >= 4 is 5.95 Å². The Morgan fingerprint density at radius 2 is 1.72 bits per heavy atom. The quantitative estimate of drug-likeness (QED) is 0.832. The van der Waals surface area contributed by atoms with Crippen molar-refractivity contribution in [3.8, 4) is 0 Å². The van der Waals surface area contributed by atoms with E-state index < -0.39 is 0 Å². The van der Waals surface area contributed by atoms with Gasteiger partial charge in [-0.2, -0.15) is 0 Å². The van der Waals surface area contributed by atoms with Gasteiger partial charge in [-0.05, 0) is 18.1 Å². The molecule has 4 rings (SSSR count). The summed E-state index contributed by atoms with van der Waals surface area (Å²) < 4.78 is 11.0. The molecule has 2 aliphatic rings. The molecule has 3 heterocycles. The van der Waals surface area contributed by atoms with Gasteiger partial charge in [0, 0.05) is 38.6 Å². The summed E-state index contributed by atoms with van der Waals surface area (Å²) in [5, 5.41) is 0. The zero-order chi connectivity index (χ0) is 16.9. The van der Waals surface area contributed by atoms with Crippen LogP contribution in [0.15, 0.2) is 60.8 Å². The predicted octanol–water partition coefficient (Wildman–Crippen LogP) is 2.06. The average Bonchev–Trinajstić information content (AvgIpc) is 3.22. The highest BCUT2D eigenvalue weighted by atomic mass is 16.7. The fourth-order valence-electron chi connectivity index (χ4n) is 3.36. The second-order valence-electron chi connectivity index (χ2n) is 6.23. The van der Waals surface area contributed by atoms with Gasteiger partial charge in [-0.15, -0.1) is 0 Å². The number of piperazine rings is 1. The summed E-state index contributed by atoms with van der Waals surface area (Å²) >= 11 is 0. The number of rotatable bonds is 5. The molecule has 130 valence electrons. The van der Waals surface area contributed by atoms with Crippen LogP contribution in [-0.2, 0) is 15.9 Å². The molecule has 0 aliphatic carbocycles. The zero-order valence-corrected chi connectivity index (χ0v) is 14.1. The molecule has 1 atom stereocenters. The van der Waals surface area contributed by atoms with Crippen LogP contribution in [0.25, 0.3) is 0 Å². The van der Waals surface area contributed by atoms with Gasteiger partial charge in [-0.25, -0.2) is 9.97 Å². The van der Waals surface area contributed by atoms with E-state index in [0.29, 0.717) is 6.79 Å². The lowest BCUT2D eigenvalue weighted by atomic mass is 10.0. The number of nitrogens with zero attached hydrogens (tertiary/aromatic N) is 4. The van der Waals surface area contributed by atoms with Crippen molar-refractivity contribution in [1.82, 2.24) is 14.9 Å². The molecule has 1 unspecified atom stereocenters. The molecule has 1 aromatic heterocycles. The molecule has 0 amide bonds. The van der Waals surface area contributed by atoms with Gasteiger partial charge in [0.1, 0.15) is 6.26 Å². The van der Waals surface area contributed by atoms with E-state index in [9.17, 15) is 0 Å². The van der Waals surface area contributed by atoms with Gasteiger partial charge in [0.15, 0.2) is 5.76 Å². The summed E-state index contributed by atoms with van der Waals surface area (Å²) in [7, 11) is 0. The van der Waals surface area contributed by atoms with Gasteiger partial charge in [0.05, 0.1) is 6.04 Å². The van der Waals surface area contributed by atoms with Gasteiger partial charge in [0.2, 0.25) is 12.7 Å². The molecule has 6 heteroatoms. The van der Waals surface area contributed by atoms with Crippen molar-refractivity contribution in [3.63, 3.8) is 0 Å². The van der Waals surface area contributed by atoms with Crippen LogP contribution in [0.4, 0.5) is 5.95 Å². The molecule has 0 saturated carbocycles. The van der Waals surface area contributed by atoms with Gasteiger partial charge in [-0.3, -0.25) is 4.90 Å². The number of ether oxygens (including phenoxy) is 2. The van der Waals surface area contributed by atoms with Crippen LogP contribution in [0.1, 0.15) is 5.56 Å². The first-order valence-corrected chi connectivity index (χ1v) is 8.64. The maximum Gasteiger partial charge on any atom is 0.229 e. The van der Waals surface area contributed by atoms with Gasteiger partial charge >= 0.3 is 0 Å². The van der Waals surface area contributed by atoms with Crippen molar-refractivity contribution in [2.45, 2.75) is 12.5 Å². The SMILES string of the molecule is C1=C(C(Cc2ccccc2)N2CCN(c3ncccn3)CC2)OCO1. The summed E-state index contributed by atoms with van der Waals surface area (Å²) in [6.45, 7) is 4.01. The highest BCUT2D eigenvalue weighted by Crippen LogP contribution is 2.23. The molecular weight excluding hydrogens is 316 g/mol. The lowest BCUT2D eigenvalue weighted by Gasteiger charge is -2.39. The smallest absolute Gasteiger partial charge is 0.229 e. The summed E-state index contributed by atoms with van der Waals surface area (Å²) in [5.41, 5.74) is 1.30. The number of anilines is 1. The van der Waals surface area contributed by atoms with Crippen LogP contribution < -0.4 is 4.90 Å². The molecule has 0 radical (unpaired) electrons. The first-order valence-electron chi connectivity index (χ1n) is 8.64. The van der Waals surface area contributed by atoms with E-state index in [2.05, 4.69) is 44.0 Å². The van der Waals surface area contributed by atoms with Gasteiger partial charge < -0.3 is 14.4 Å². The summed E-state index contributed by atoms with van der Waals surface area (Å²) in [4.78, 5) is 13.4. The zero-order valence-electron chi connectivity index (χ0n) is 14.1. The minimum Gasteiger partial charge on any atom is -0.462 e. The number of hydrogen-bond acceptors (Lipinski definition) is 6. The van der Waals surface area contributed by atoms with E-state index in [1.165, 1.54) is 5.56 Å². The first kappa shape index (κ1) is 15.9. The van der Waals surface area contributed by atoms with Gasteiger partial charge in [0.25, 0.3) is 0 Å². The van der Waals surface area contributed by atoms with Crippen molar-refractivity contribution in [3.05, 3.63) is 66.4 Å². The Morgan fingerprint density at radius 3 is 2.40 bits per heavy atom. The van der Waals surface area contributed by atoms with E-state index in [-0.39, 0.29) is 6.04 Å². The maximum absolute atomic E-state index is 5.71. The highest BCUT2D eigenvalue weighted by molar-refractivity contribution is 5.29. The third kappa shape index (κ3) is 3.74. The number of benzene rings is 1. The Morgan fingerprint density at radius 1 is 0.960 bits per heavy atom. The lowest BCUT2D eigenvalue weighted by molar-refractivity contribution is 0.0579. The van der Waals surface area contributed by atoms with E-state index in [1.807, 2.05) is 12.1 Å². The van der Waals surface area contributed by atoms with Crippen LogP contribution in [0.3, 0.4) is 0 Å². The predicted molar refractivity (Wildman–Crippen MR) is 94.9 cm³/mol. The Hall–Kier alpha value is -2.60. The molecular formula is C19H22N4O2. The largest absolute Gasteiger partial charge is 0.462 e. The average molecular weight is 338 g/mol. The van der Waals surface area contributed by atoms with Crippen LogP contribution in [0, 0.1) is 0 Å². The topological polar surface area (TPSA) is 50.7 Å². The normalized spacial score (nSPS) is 19.0. The van der Waals surface area contributed by atoms with Crippen molar-refractivity contribution in [2.75, 3.05) is 37.9 Å². The van der Waals surface area contributed by atoms with Crippen molar-refractivity contribution < 1.29 is 9.47 Å². The first-order chi connectivity index (χ1) is 12.4. The second kappa shape index (κ2) is 7.53. The molecule has 0 N–H and O–H groups in total. The standard InChI is InChI=1S/C19H22N4O2/c1-2-5-16(6-3-1)13-17(18-14-24-15-25-18)22-9-11-23(12-10-22)19-20-7-4-8-21-19/h1-8,14,17H,9-13,15H2. The molecule has 2 aromatic rings. The fraction of sp³-hybridized carbons (Fsp3) is 0.368. The van der Waals surface area contributed by atoms with Crippen LogP contribution in [-0.4, -0.2) is 53.9 Å². The fourth-order valence-corrected chi connectivity index (χ4v) is 3.36. The monoisotopic (exact) mass is 338 g/mol. The molecule has 0 bridgehead atoms. The summed E-state index contributed by atoms with van der Waals surface area (Å²) in [6.07, 6.45) is 6.26. The molecule has 0 spiro atoms. The van der Waals surface area contributed by atoms with Crippen molar-refractivity contribution in [1.29, 1.82) is 0 Å². The molecule has 2 aliphatic heterocycles. The van der Waals surface area contributed by atoms with Crippen LogP contribution >= 0.6 is 0 Å². The Kier molecular flexibility index (Phi) is 4.79. The van der Waals surface area contributed by atoms with Crippen LogP contribution in [0.2, 0.25) is 0 Å². The Bertz CT molecular complexity index is 700. The van der Waals surface area contributed by atoms with E-state index in [0.717, 1.165) is 44.3 Å². The lowest BCUT2D eigenvalue weighted by Crippen LogP contribution is -2.52. The highest BCUT2D eigenvalue weighted by Gasteiger charge is 2.30. The minimum atomic E-state index is 0.198. The Balaban J connectivity index is 1.45. The summed E-state index contributed by atoms with van der Waals surface area (Å²) in [5.74, 6) is 1.73. The van der Waals surface area contributed by atoms with E-state index >= 15 is 0 Å². The number of hydrogen-bond donors (Lipinski definition) is 0. The molecule has 6 nitrogen and oxygen atoms in total. The van der Waals surface area contributed by atoms with E-state index in [4.69, 9.17) is 9.47 Å². The molecule has 1 fully saturated rings.